The number of hydrogen-bond donors (Lipinski definition) is 1. The zero-order valence-corrected chi connectivity index (χ0v) is 15.7. The van der Waals surface area contributed by atoms with Crippen LogP contribution in [0, 0.1) is 0 Å². The van der Waals surface area contributed by atoms with Crippen LogP contribution in [0.25, 0.3) is 11.1 Å². The number of phenolic OH excluding ortho intramolecular Hbond substituents is 1. The van der Waals surface area contributed by atoms with E-state index in [1.807, 2.05) is 31.2 Å². The zero-order valence-electron chi connectivity index (χ0n) is 15.7. The molecule has 7 heteroatoms. The van der Waals surface area contributed by atoms with Crippen LogP contribution in [0.3, 0.4) is 0 Å². The second-order valence-corrected chi connectivity index (χ2v) is 6.74. The van der Waals surface area contributed by atoms with E-state index >= 15 is 0 Å². The number of rotatable bonds is 4. The van der Waals surface area contributed by atoms with Gasteiger partial charge in [0.2, 0.25) is 5.91 Å². The monoisotopic (exact) mass is 378 g/mol. The number of fused-ring (bicyclic) bond motifs is 1. The highest BCUT2D eigenvalue weighted by Gasteiger charge is 2.28. The number of aromatic nitrogens is 3. The Hall–Kier alpha value is -3.35. The summed E-state index contributed by atoms with van der Waals surface area (Å²) in [7, 11) is 0. The van der Waals surface area contributed by atoms with Crippen LogP contribution in [0.2, 0.25) is 0 Å². The van der Waals surface area contributed by atoms with Crippen LogP contribution in [0.5, 0.6) is 11.5 Å². The van der Waals surface area contributed by atoms with Gasteiger partial charge in [-0.05, 0) is 36.2 Å². The highest BCUT2D eigenvalue weighted by atomic mass is 16.5. The Morgan fingerprint density at radius 3 is 2.89 bits per heavy atom. The minimum atomic E-state index is -0.355. The van der Waals surface area contributed by atoms with Crippen LogP contribution in [0.1, 0.15) is 24.9 Å². The maximum atomic E-state index is 13.2. The number of aromatic hydroxyl groups is 1. The number of amides is 1. The highest BCUT2D eigenvalue weighted by molar-refractivity contribution is 5.80. The van der Waals surface area contributed by atoms with Gasteiger partial charge in [-0.2, -0.15) is 5.10 Å². The molecular formula is C21H22N4O3. The lowest BCUT2D eigenvalue weighted by molar-refractivity contribution is -0.136. The molecule has 4 rings (SSSR count). The molecule has 28 heavy (non-hydrogen) atoms. The van der Waals surface area contributed by atoms with Gasteiger partial charge >= 0.3 is 0 Å². The Morgan fingerprint density at radius 1 is 1.29 bits per heavy atom. The molecule has 2 aromatic heterocycles. The van der Waals surface area contributed by atoms with Crippen molar-refractivity contribution in [3.8, 4) is 22.6 Å². The summed E-state index contributed by atoms with van der Waals surface area (Å²) in [6.45, 7) is 3.12. The zero-order chi connectivity index (χ0) is 19.5. The van der Waals surface area contributed by atoms with Crippen molar-refractivity contribution < 1.29 is 14.6 Å². The fraction of sp³-hybridized carbons (Fsp3) is 0.286. The summed E-state index contributed by atoms with van der Waals surface area (Å²) < 4.78 is 7.47. The minimum absolute atomic E-state index is 0.00563. The van der Waals surface area contributed by atoms with Gasteiger partial charge in [0, 0.05) is 42.5 Å². The van der Waals surface area contributed by atoms with Crippen molar-refractivity contribution in [3.63, 3.8) is 0 Å². The van der Waals surface area contributed by atoms with Gasteiger partial charge in [0.25, 0.3) is 0 Å². The Kier molecular flexibility index (Phi) is 4.97. The maximum Gasteiger partial charge on any atom is 0.247 e. The van der Waals surface area contributed by atoms with E-state index in [0.29, 0.717) is 31.9 Å². The number of benzene rings is 1. The molecule has 0 spiro atoms. The number of carbonyl (C=O) groups excluding carboxylic acids is 1. The predicted molar refractivity (Wildman–Crippen MR) is 104 cm³/mol. The molecule has 144 valence electrons. The number of pyridine rings is 1. The molecule has 3 heterocycles. The lowest BCUT2D eigenvalue weighted by Gasteiger charge is -2.25. The Morgan fingerprint density at radius 2 is 2.18 bits per heavy atom. The van der Waals surface area contributed by atoms with Gasteiger partial charge < -0.3 is 14.7 Å². The molecule has 1 aliphatic heterocycles. The molecule has 0 saturated carbocycles. The fourth-order valence-electron chi connectivity index (χ4n) is 3.54. The van der Waals surface area contributed by atoms with Crippen molar-refractivity contribution in [1.29, 1.82) is 0 Å². The van der Waals surface area contributed by atoms with Crippen LogP contribution < -0.4 is 4.74 Å². The molecule has 0 radical (unpaired) electrons. The third-order valence-electron chi connectivity index (χ3n) is 4.94. The Bertz CT molecular complexity index is 957. The summed E-state index contributed by atoms with van der Waals surface area (Å²) in [5.74, 6) is 0.508. The van der Waals surface area contributed by atoms with E-state index in [4.69, 9.17) is 4.74 Å². The average Bonchev–Trinajstić information content (AvgIpc) is 3.15. The average molecular weight is 378 g/mol. The molecular weight excluding hydrogens is 356 g/mol. The first-order chi connectivity index (χ1) is 13.7. The maximum absolute atomic E-state index is 13.2. The van der Waals surface area contributed by atoms with Crippen LogP contribution in [0.15, 0.2) is 55.1 Å². The fourth-order valence-corrected chi connectivity index (χ4v) is 3.54. The Labute approximate surface area is 163 Å². The largest absolute Gasteiger partial charge is 0.504 e. The summed E-state index contributed by atoms with van der Waals surface area (Å²) in [6, 6.07) is 8.86. The second-order valence-electron chi connectivity index (χ2n) is 6.74. The summed E-state index contributed by atoms with van der Waals surface area (Å²) in [6.07, 6.45) is 7.57. The number of nitrogens with zero attached hydrogens (tertiary/aromatic N) is 4. The molecule has 1 atom stereocenters. The predicted octanol–water partition coefficient (Wildman–Crippen LogP) is 3.02. The highest BCUT2D eigenvalue weighted by Crippen LogP contribution is 2.37. The topological polar surface area (TPSA) is 80.5 Å². The van der Waals surface area contributed by atoms with Gasteiger partial charge in [-0.25, -0.2) is 0 Å². The normalized spacial score (nSPS) is 14.7. The molecule has 0 aliphatic carbocycles. The number of ether oxygens (including phenoxy) is 1. The summed E-state index contributed by atoms with van der Waals surface area (Å²) in [5.41, 5.74) is 2.51. The van der Waals surface area contributed by atoms with E-state index in [-0.39, 0.29) is 17.7 Å². The van der Waals surface area contributed by atoms with Crippen molar-refractivity contribution in [3.05, 3.63) is 60.7 Å². The van der Waals surface area contributed by atoms with Crippen molar-refractivity contribution in [1.82, 2.24) is 19.7 Å². The molecule has 1 aromatic carbocycles. The van der Waals surface area contributed by atoms with Gasteiger partial charge in [0.1, 0.15) is 12.6 Å². The molecule has 1 unspecified atom stereocenters. The molecule has 0 bridgehead atoms. The van der Waals surface area contributed by atoms with Gasteiger partial charge in [-0.1, -0.05) is 13.0 Å². The van der Waals surface area contributed by atoms with Crippen molar-refractivity contribution >= 4 is 5.91 Å². The van der Waals surface area contributed by atoms with Gasteiger partial charge in [-0.15, -0.1) is 0 Å². The van der Waals surface area contributed by atoms with Gasteiger partial charge in [0.05, 0.1) is 6.54 Å². The molecule has 0 fully saturated rings. The van der Waals surface area contributed by atoms with E-state index in [1.54, 1.807) is 40.4 Å². The smallest absolute Gasteiger partial charge is 0.247 e. The van der Waals surface area contributed by atoms with Crippen LogP contribution >= 0.6 is 0 Å². The molecule has 3 aromatic rings. The molecule has 1 aliphatic rings. The number of hydrogen-bond acceptors (Lipinski definition) is 5. The third-order valence-corrected chi connectivity index (χ3v) is 4.94. The molecule has 7 nitrogen and oxygen atoms in total. The summed E-state index contributed by atoms with van der Waals surface area (Å²) >= 11 is 0. The summed E-state index contributed by atoms with van der Waals surface area (Å²) in [5, 5.41) is 14.7. The van der Waals surface area contributed by atoms with E-state index in [2.05, 4.69) is 10.1 Å². The quantitative estimate of drug-likeness (QED) is 0.755. The van der Waals surface area contributed by atoms with E-state index in [9.17, 15) is 9.90 Å². The third kappa shape index (κ3) is 3.43. The van der Waals surface area contributed by atoms with E-state index in [1.165, 1.54) is 0 Å². The van der Waals surface area contributed by atoms with Crippen molar-refractivity contribution in [2.45, 2.75) is 25.9 Å². The second kappa shape index (κ2) is 7.72. The minimum Gasteiger partial charge on any atom is -0.504 e. The van der Waals surface area contributed by atoms with Crippen LogP contribution in [-0.2, 0) is 11.3 Å². The molecule has 1 N–H and O–H groups in total. The van der Waals surface area contributed by atoms with Crippen LogP contribution in [0.4, 0.5) is 0 Å². The first-order valence-corrected chi connectivity index (χ1v) is 9.34. The van der Waals surface area contributed by atoms with Crippen LogP contribution in [-0.4, -0.2) is 43.8 Å². The Balaban J connectivity index is 1.65. The van der Waals surface area contributed by atoms with E-state index in [0.717, 1.165) is 16.7 Å². The molecule has 1 amide bonds. The van der Waals surface area contributed by atoms with E-state index < -0.39 is 0 Å². The first-order valence-electron chi connectivity index (χ1n) is 9.34. The summed E-state index contributed by atoms with van der Waals surface area (Å²) in [4.78, 5) is 19.1. The van der Waals surface area contributed by atoms with Crippen molar-refractivity contribution in [2.24, 2.45) is 0 Å². The lowest BCUT2D eigenvalue weighted by Crippen LogP contribution is -2.38. The van der Waals surface area contributed by atoms with Gasteiger partial charge in [-0.3, -0.25) is 14.5 Å². The first kappa shape index (κ1) is 18.0. The number of phenols is 1. The SMILES string of the molecule is CCC(C(=O)N1CCOc2c(O)cc(-c3cccnc3)cc2C1)n1cccn1. The standard InChI is InChI=1S/C21H22N4O3/c1-2-18(25-8-4-7-23-25)21(27)24-9-10-28-20-17(14-24)11-16(12-19(20)26)15-5-3-6-22-13-15/h3-8,11-13,18,26H,2,9-10,14H2,1H3. The molecule has 0 saturated heterocycles. The number of carbonyl (C=O) groups is 1. The van der Waals surface area contributed by atoms with Gasteiger partial charge in [0.15, 0.2) is 11.5 Å². The lowest BCUT2D eigenvalue weighted by atomic mass is 10.0. The van der Waals surface area contributed by atoms with Crippen molar-refractivity contribution in [2.75, 3.05) is 13.2 Å².